The fraction of sp³-hybridized carbons (Fsp3) is 0.176. The van der Waals surface area contributed by atoms with Crippen LogP contribution in [0.5, 0.6) is 5.75 Å². The van der Waals surface area contributed by atoms with Crippen LogP contribution in [0.25, 0.3) is 0 Å². The number of benzene rings is 2. The summed E-state index contributed by atoms with van der Waals surface area (Å²) in [5.74, 6) is 1.34. The number of hydrazone groups is 1. The van der Waals surface area contributed by atoms with Gasteiger partial charge in [0.2, 0.25) is 5.91 Å². The van der Waals surface area contributed by atoms with Gasteiger partial charge in [0.15, 0.2) is 0 Å². The first kappa shape index (κ1) is 16.1. The minimum Gasteiger partial charge on any atom is -0.496 e. The van der Waals surface area contributed by atoms with E-state index in [1.54, 1.807) is 25.1 Å². The van der Waals surface area contributed by atoms with Gasteiger partial charge < -0.3 is 4.74 Å². The molecule has 0 saturated carbocycles. The van der Waals surface area contributed by atoms with Gasteiger partial charge in [-0.2, -0.15) is 5.10 Å². The molecule has 5 heteroatoms. The van der Waals surface area contributed by atoms with Gasteiger partial charge in [-0.25, -0.2) is 5.43 Å². The lowest BCUT2D eigenvalue weighted by molar-refractivity contribution is -0.120. The Morgan fingerprint density at radius 1 is 1.18 bits per heavy atom. The van der Waals surface area contributed by atoms with Crippen molar-refractivity contribution in [1.82, 2.24) is 5.43 Å². The topological polar surface area (TPSA) is 50.7 Å². The molecule has 0 spiro atoms. The summed E-state index contributed by atoms with van der Waals surface area (Å²) in [6, 6.07) is 17.5. The Morgan fingerprint density at radius 2 is 1.91 bits per heavy atom. The standard InChI is InChI=1S/C17H18N2O2S/c1-21-16-10-6-5-7-14(16)13-18-19-17(20)11-12-22-15-8-3-2-4-9-15/h2-10,13H,11-12H2,1H3,(H,19,20). The average molecular weight is 314 g/mol. The number of rotatable bonds is 7. The Bertz CT molecular complexity index is 630. The van der Waals surface area contributed by atoms with Gasteiger partial charge in [0.25, 0.3) is 0 Å². The van der Waals surface area contributed by atoms with E-state index in [0.29, 0.717) is 6.42 Å². The zero-order valence-corrected chi connectivity index (χ0v) is 13.2. The van der Waals surface area contributed by atoms with Crippen molar-refractivity contribution in [3.8, 4) is 5.75 Å². The molecule has 0 aliphatic rings. The summed E-state index contributed by atoms with van der Waals surface area (Å²) >= 11 is 1.65. The SMILES string of the molecule is COc1ccccc1C=NNC(=O)CCSc1ccccc1. The van der Waals surface area contributed by atoms with Crippen LogP contribution in [0.2, 0.25) is 0 Å². The van der Waals surface area contributed by atoms with Gasteiger partial charge in [0, 0.05) is 22.6 Å². The van der Waals surface area contributed by atoms with Crippen LogP contribution in [0.15, 0.2) is 64.6 Å². The second kappa shape index (κ2) is 8.89. The number of hydrogen-bond acceptors (Lipinski definition) is 4. The van der Waals surface area contributed by atoms with Gasteiger partial charge in [-0.3, -0.25) is 4.79 Å². The van der Waals surface area contributed by atoms with Gasteiger partial charge in [-0.05, 0) is 24.3 Å². The highest BCUT2D eigenvalue weighted by Gasteiger charge is 2.01. The van der Waals surface area contributed by atoms with E-state index in [2.05, 4.69) is 10.5 Å². The maximum Gasteiger partial charge on any atom is 0.240 e. The van der Waals surface area contributed by atoms with Crippen LogP contribution < -0.4 is 10.2 Å². The molecule has 0 bridgehead atoms. The normalized spacial score (nSPS) is 10.6. The summed E-state index contributed by atoms with van der Waals surface area (Å²) in [7, 11) is 1.60. The van der Waals surface area contributed by atoms with E-state index in [9.17, 15) is 4.79 Å². The highest BCUT2D eigenvalue weighted by atomic mass is 32.2. The molecule has 2 aromatic rings. The molecule has 22 heavy (non-hydrogen) atoms. The molecule has 0 heterocycles. The summed E-state index contributed by atoms with van der Waals surface area (Å²) in [5.41, 5.74) is 3.35. The van der Waals surface area contributed by atoms with Crippen LogP contribution in [0, 0.1) is 0 Å². The van der Waals surface area contributed by atoms with E-state index in [4.69, 9.17) is 4.74 Å². The van der Waals surface area contributed by atoms with Crippen molar-refractivity contribution in [2.45, 2.75) is 11.3 Å². The van der Waals surface area contributed by atoms with Crippen LogP contribution in [0.4, 0.5) is 0 Å². The van der Waals surface area contributed by atoms with Gasteiger partial charge in [-0.15, -0.1) is 11.8 Å². The third-order valence-electron chi connectivity index (χ3n) is 2.87. The first-order valence-corrected chi connectivity index (χ1v) is 7.91. The summed E-state index contributed by atoms with van der Waals surface area (Å²) < 4.78 is 5.21. The van der Waals surface area contributed by atoms with Gasteiger partial charge in [0.05, 0.1) is 13.3 Å². The van der Waals surface area contributed by atoms with Gasteiger partial charge in [-0.1, -0.05) is 30.3 Å². The van der Waals surface area contributed by atoms with Crippen molar-refractivity contribution in [3.05, 3.63) is 60.2 Å². The van der Waals surface area contributed by atoms with Crippen molar-refractivity contribution >= 4 is 23.9 Å². The van der Waals surface area contributed by atoms with Crippen LogP contribution in [-0.2, 0) is 4.79 Å². The van der Waals surface area contributed by atoms with Crippen LogP contribution in [-0.4, -0.2) is 25.0 Å². The average Bonchev–Trinajstić information content (AvgIpc) is 2.56. The predicted molar refractivity (Wildman–Crippen MR) is 90.5 cm³/mol. The summed E-state index contributed by atoms with van der Waals surface area (Å²) in [4.78, 5) is 12.9. The van der Waals surface area contributed by atoms with Crippen molar-refractivity contribution in [1.29, 1.82) is 0 Å². The molecule has 0 aromatic heterocycles. The number of para-hydroxylation sites is 1. The zero-order valence-electron chi connectivity index (χ0n) is 12.4. The van der Waals surface area contributed by atoms with E-state index >= 15 is 0 Å². The largest absolute Gasteiger partial charge is 0.496 e. The molecule has 4 nitrogen and oxygen atoms in total. The minimum absolute atomic E-state index is 0.102. The number of nitrogens with one attached hydrogen (secondary N) is 1. The van der Waals surface area contributed by atoms with Crippen molar-refractivity contribution in [2.75, 3.05) is 12.9 Å². The Hall–Kier alpha value is -2.27. The second-order valence-electron chi connectivity index (χ2n) is 4.45. The monoisotopic (exact) mass is 314 g/mol. The fourth-order valence-electron chi connectivity index (χ4n) is 1.78. The number of carbonyl (C=O) groups is 1. The maximum absolute atomic E-state index is 11.7. The van der Waals surface area contributed by atoms with E-state index < -0.39 is 0 Å². The molecule has 1 N–H and O–H groups in total. The lowest BCUT2D eigenvalue weighted by atomic mass is 10.2. The number of thioether (sulfide) groups is 1. The molecule has 0 fully saturated rings. The lowest BCUT2D eigenvalue weighted by Gasteiger charge is -2.03. The number of hydrogen-bond donors (Lipinski definition) is 1. The smallest absolute Gasteiger partial charge is 0.240 e. The molecule has 2 aromatic carbocycles. The van der Waals surface area contributed by atoms with Gasteiger partial charge >= 0.3 is 0 Å². The molecular weight excluding hydrogens is 296 g/mol. The Balaban J connectivity index is 1.74. The quantitative estimate of drug-likeness (QED) is 0.484. The number of carbonyl (C=O) groups excluding carboxylic acids is 1. The molecule has 0 saturated heterocycles. The minimum atomic E-state index is -0.102. The van der Waals surface area contributed by atoms with Crippen molar-refractivity contribution in [3.63, 3.8) is 0 Å². The zero-order chi connectivity index (χ0) is 15.6. The van der Waals surface area contributed by atoms with Gasteiger partial charge in [0.1, 0.15) is 5.75 Å². The Labute approximate surface area is 134 Å². The maximum atomic E-state index is 11.7. The highest BCUT2D eigenvalue weighted by molar-refractivity contribution is 7.99. The Morgan fingerprint density at radius 3 is 2.68 bits per heavy atom. The molecule has 0 atom stereocenters. The van der Waals surface area contributed by atoms with Crippen LogP contribution >= 0.6 is 11.8 Å². The van der Waals surface area contributed by atoms with Crippen LogP contribution in [0.3, 0.4) is 0 Å². The van der Waals surface area contributed by atoms with Crippen LogP contribution in [0.1, 0.15) is 12.0 Å². The molecule has 0 aliphatic heterocycles. The third kappa shape index (κ3) is 5.26. The first-order valence-electron chi connectivity index (χ1n) is 6.92. The molecule has 0 radical (unpaired) electrons. The highest BCUT2D eigenvalue weighted by Crippen LogP contribution is 2.17. The van der Waals surface area contributed by atoms with Crippen molar-refractivity contribution in [2.24, 2.45) is 5.10 Å². The fourth-order valence-corrected chi connectivity index (χ4v) is 2.65. The molecule has 114 valence electrons. The lowest BCUT2D eigenvalue weighted by Crippen LogP contribution is -2.17. The van der Waals surface area contributed by atoms with E-state index in [-0.39, 0.29) is 5.91 Å². The molecule has 1 amide bonds. The number of methoxy groups -OCH3 is 1. The van der Waals surface area contributed by atoms with Crippen molar-refractivity contribution < 1.29 is 9.53 Å². The molecule has 0 unspecified atom stereocenters. The van der Waals surface area contributed by atoms with E-state index in [1.807, 2.05) is 54.6 Å². The van der Waals surface area contributed by atoms with E-state index in [1.165, 1.54) is 0 Å². The Kier molecular flexibility index (Phi) is 6.51. The molecular formula is C17H18N2O2S. The van der Waals surface area contributed by atoms with E-state index in [0.717, 1.165) is 22.0 Å². The summed E-state index contributed by atoms with van der Waals surface area (Å²) in [6.07, 6.45) is 2.00. The summed E-state index contributed by atoms with van der Waals surface area (Å²) in [5, 5.41) is 3.96. The first-order chi connectivity index (χ1) is 10.8. The number of nitrogens with zero attached hydrogens (tertiary/aromatic N) is 1. The second-order valence-corrected chi connectivity index (χ2v) is 5.61. The third-order valence-corrected chi connectivity index (χ3v) is 3.89. The summed E-state index contributed by atoms with van der Waals surface area (Å²) in [6.45, 7) is 0. The number of amides is 1. The predicted octanol–water partition coefficient (Wildman–Crippen LogP) is 3.33. The molecule has 0 aliphatic carbocycles. The molecule has 2 rings (SSSR count). The number of ether oxygens (including phenoxy) is 1.